The molecule has 0 saturated carbocycles. The third-order valence-corrected chi connectivity index (χ3v) is 8.95. The number of rotatable bonds is 6. The molecule has 2 aliphatic heterocycles. The van der Waals surface area contributed by atoms with E-state index in [4.69, 9.17) is 0 Å². The van der Waals surface area contributed by atoms with Crippen LogP contribution >= 0.6 is 0 Å². The van der Waals surface area contributed by atoms with E-state index in [1.807, 2.05) is 0 Å². The van der Waals surface area contributed by atoms with Gasteiger partial charge in [0, 0.05) is 75.6 Å². The highest BCUT2D eigenvalue weighted by molar-refractivity contribution is 6.18. The number of H-pyrrole nitrogens is 1. The van der Waals surface area contributed by atoms with Crippen molar-refractivity contribution in [3.8, 4) is 11.1 Å². The van der Waals surface area contributed by atoms with Gasteiger partial charge in [0.05, 0.1) is 39.7 Å². The Labute approximate surface area is 243 Å². The molecule has 1 unspecified atom stereocenters. The number of carboxylic acids is 1. The summed E-state index contributed by atoms with van der Waals surface area (Å²) in [6.07, 6.45) is 5.38. The van der Waals surface area contributed by atoms with Crippen LogP contribution in [-0.4, -0.2) is 86.5 Å². The molecule has 7 rings (SSSR count). The molecular formula is C30H29F2N7O4. The van der Waals surface area contributed by atoms with Crippen LogP contribution in [0.25, 0.3) is 44.1 Å². The van der Waals surface area contributed by atoms with Gasteiger partial charge in [0.2, 0.25) is 5.43 Å². The maximum atomic E-state index is 15.7. The molecule has 43 heavy (non-hydrogen) atoms. The van der Waals surface area contributed by atoms with Crippen molar-refractivity contribution in [2.45, 2.75) is 12.5 Å². The number of aromatic amines is 1. The smallest absolute Gasteiger partial charge is 0.341 e. The van der Waals surface area contributed by atoms with Gasteiger partial charge in [-0.05, 0) is 24.9 Å². The molecular weight excluding hydrogens is 560 g/mol. The van der Waals surface area contributed by atoms with Gasteiger partial charge in [0.15, 0.2) is 11.6 Å². The molecule has 5 aromatic rings. The normalized spacial score (nSPS) is 18.8. The topological polar surface area (TPSA) is 140 Å². The minimum absolute atomic E-state index is 0.0454. The number of pyridine rings is 3. The van der Waals surface area contributed by atoms with Crippen LogP contribution in [0, 0.1) is 17.6 Å². The number of nitrogens with zero attached hydrogens (tertiary/aromatic N) is 5. The van der Waals surface area contributed by atoms with Gasteiger partial charge in [-0.1, -0.05) is 0 Å². The fourth-order valence-corrected chi connectivity index (χ4v) is 6.98. The summed E-state index contributed by atoms with van der Waals surface area (Å²) in [7, 11) is 3.24. The molecule has 11 nitrogen and oxygen atoms in total. The van der Waals surface area contributed by atoms with Crippen molar-refractivity contribution in [2.24, 2.45) is 13.0 Å². The standard InChI is InChI=1S/C30H29F2N7O4/c1-33-20-8-19(31)24(32)22-23-26(39-11-14-3-4-38(5-6-40)21(14)13-39)17(10-34-28(23)36-25(20)22)15-7-16-27(41)18(30(42)43)12-37(2)29(16)35-9-15/h7-10,12,14,21,33,40H,3-6,11,13H2,1-2H3,(H,34,36)(H,42,43)/t14-,21?/m1/s1. The molecule has 6 heterocycles. The minimum Gasteiger partial charge on any atom is -0.477 e. The minimum atomic E-state index is -1.34. The molecule has 4 aromatic heterocycles. The molecule has 4 N–H and O–H groups in total. The van der Waals surface area contributed by atoms with Crippen LogP contribution < -0.4 is 15.6 Å². The molecule has 0 spiro atoms. The summed E-state index contributed by atoms with van der Waals surface area (Å²) in [5.74, 6) is -3.04. The van der Waals surface area contributed by atoms with Crippen molar-refractivity contribution in [3.63, 3.8) is 0 Å². The first-order chi connectivity index (χ1) is 20.7. The number of aliphatic hydroxyl groups excluding tert-OH is 1. The van der Waals surface area contributed by atoms with Gasteiger partial charge in [-0.15, -0.1) is 0 Å². The lowest BCUT2D eigenvalue weighted by atomic mass is 10.0. The number of likely N-dealkylation sites (tertiary alicyclic amines) is 1. The van der Waals surface area contributed by atoms with Crippen LogP contribution in [-0.2, 0) is 7.05 Å². The van der Waals surface area contributed by atoms with Crippen LogP contribution in [0.4, 0.5) is 20.2 Å². The number of carboxylic acid groups (broad SMARTS) is 1. The number of aromatic nitrogens is 4. The number of β-amino-alcohol motifs (C(OH)–C–C–N with tert-alkyl or cyclic N) is 1. The van der Waals surface area contributed by atoms with Gasteiger partial charge < -0.3 is 30.0 Å². The average molecular weight is 590 g/mol. The summed E-state index contributed by atoms with van der Waals surface area (Å²) in [5, 5.41) is 22.7. The molecule has 0 aliphatic carbocycles. The number of anilines is 2. The van der Waals surface area contributed by atoms with Crippen molar-refractivity contribution >= 4 is 50.3 Å². The number of aliphatic hydroxyl groups is 1. The van der Waals surface area contributed by atoms with Crippen LogP contribution in [0.15, 0.2) is 35.5 Å². The molecule has 2 aliphatic rings. The second kappa shape index (κ2) is 9.99. The van der Waals surface area contributed by atoms with E-state index >= 15 is 4.39 Å². The predicted octanol–water partition coefficient (Wildman–Crippen LogP) is 3.15. The van der Waals surface area contributed by atoms with Crippen LogP contribution in [0.2, 0.25) is 0 Å². The van der Waals surface area contributed by atoms with E-state index < -0.39 is 23.0 Å². The van der Waals surface area contributed by atoms with Crippen molar-refractivity contribution in [2.75, 3.05) is 50.1 Å². The number of nitrogens with one attached hydrogen (secondary N) is 2. The van der Waals surface area contributed by atoms with Gasteiger partial charge in [0.25, 0.3) is 0 Å². The number of benzene rings is 1. The molecule has 2 fully saturated rings. The highest BCUT2D eigenvalue weighted by atomic mass is 19.2. The monoisotopic (exact) mass is 589 g/mol. The number of hydrogen-bond donors (Lipinski definition) is 4. The fraction of sp³-hybridized carbons (Fsp3) is 0.333. The highest BCUT2D eigenvalue weighted by Crippen LogP contribution is 2.46. The molecule has 2 saturated heterocycles. The molecule has 1 aromatic carbocycles. The first-order valence-corrected chi connectivity index (χ1v) is 14.0. The third kappa shape index (κ3) is 4.06. The summed E-state index contributed by atoms with van der Waals surface area (Å²) < 4.78 is 32.1. The Bertz CT molecular complexity index is 2020. The van der Waals surface area contributed by atoms with Gasteiger partial charge in [-0.3, -0.25) is 9.69 Å². The second-order valence-electron chi connectivity index (χ2n) is 11.3. The van der Waals surface area contributed by atoms with Gasteiger partial charge in [0.1, 0.15) is 16.9 Å². The third-order valence-electron chi connectivity index (χ3n) is 8.95. The van der Waals surface area contributed by atoms with E-state index in [-0.39, 0.29) is 29.0 Å². The summed E-state index contributed by atoms with van der Waals surface area (Å²) in [6, 6.07) is 2.86. The van der Waals surface area contributed by atoms with Crippen LogP contribution in [0.5, 0.6) is 0 Å². The van der Waals surface area contributed by atoms with E-state index in [9.17, 15) is 24.2 Å². The summed E-state index contributed by atoms with van der Waals surface area (Å²) in [4.78, 5) is 41.6. The largest absolute Gasteiger partial charge is 0.477 e. The first kappa shape index (κ1) is 27.2. The van der Waals surface area contributed by atoms with Crippen molar-refractivity contribution in [1.29, 1.82) is 0 Å². The predicted molar refractivity (Wildman–Crippen MR) is 159 cm³/mol. The van der Waals surface area contributed by atoms with Crippen molar-refractivity contribution in [3.05, 3.63) is 58.1 Å². The average Bonchev–Trinajstić information content (AvgIpc) is 3.70. The maximum Gasteiger partial charge on any atom is 0.341 e. The van der Waals surface area contributed by atoms with Gasteiger partial charge in [-0.2, -0.15) is 0 Å². The van der Waals surface area contributed by atoms with Gasteiger partial charge in [-0.25, -0.2) is 23.5 Å². The summed E-state index contributed by atoms with van der Waals surface area (Å²) in [5.41, 5.74) is 2.04. The van der Waals surface area contributed by atoms with Crippen LogP contribution in [0.3, 0.4) is 0 Å². The first-order valence-electron chi connectivity index (χ1n) is 14.0. The number of hydrogen-bond acceptors (Lipinski definition) is 8. The van der Waals surface area contributed by atoms with E-state index in [1.165, 1.54) is 10.8 Å². The zero-order valence-corrected chi connectivity index (χ0v) is 23.5. The zero-order chi connectivity index (χ0) is 30.2. The number of carbonyl (C=O) groups is 1. The van der Waals surface area contributed by atoms with E-state index in [0.717, 1.165) is 19.0 Å². The Kier molecular flexibility index (Phi) is 6.32. The molecule has 2 atom stereocenters. The Balaban J connectivity index is 1.52. The summed E-state index contributed by atoms with van der Waals surface area (Å²) >= 11 is 0. The van der Waals surface area contributed by atoms with Crippen molar-refractivity contribution < 1.29 is 23.8 Å². The van der Waals surface area contributed by atoms with E-state index in [1.54, 1.807) is 32.6 Å². The molecule has 13 heteroatoms. The Hall–Kier alpha value is -4.62. The van der Waals surface area contributed by atoms with Crippen LogP contribution in [0.1, 0.15) is 16.8 Å². The number of fused-ring (bicyclic) bond motifs is 5. The fourth-order valence-electron chi connectivity index (χ4n) is 6.98. The second-order valence-corrected chi connectivity index (χ2v) is 11.3. The Morgan fingerprint density at radius 1 is 1.19 bits per heavy atom. The molecule has 0 radical (unpaired) electrons. The zero-order valence-electron chi connectivity index (χ0n) is 23.5. The number of halogens is 2. The number of aromatic carboxylic acids is 1. The lowest BCUT2D eigenvalue weighted by Crippen LogP contribution is -2.37. The van der Waals surface area contributed by atoms with Gasteiger partial charge >= 0.3 is 5.97 Å². The lowest BCUT2D eigenvalue weighted by Gasteiger charge is -2.27. The molecule has 0 bridgehead atoms. The van der Waals surface area contributed by atoms with E-state index in [2.05, 4.69) is 30.1 Å². The Morgan fingerprint density at radius 2 is 2.00 bits per heavy atom. The molecule has 0 amide bonds. The maximum absolute atomic E-state index is 15.7. The SMILES string of the molecule is CNc1cc(F)c(F)c2c1[nH]c1ncc(-c3cnc4c(c3)c(=O)c(C(=O)O)cn4C)c(N3CC4[C@H](CCN4CCO)C3)c12. The van der Waals surface area contributed by atoms with Crippen molar-refractivity contribution in [1.82, 2.24) is 24.4 Å². The number of aryl methyl sites for hydroxylation is 1. The quantitative estimate of drug-likeness (QED) is 0.235. The lowest BCUT2D eigenvalue weighted by molar-refractivity contribution is 0.0695. The Morgan fingerprint density at radius 3 is 2.74 bits per heavy atom. The summed E-state index contributed by atoms with van der Waals surface area (Å²) in [6.45, 7) is 2.71. The van der Waals surface area contributed by atoms with E-state index in [0.29, 0.717) is 70.3 Å². The molecule has 222 valence electrons. The highest BCUT2D eigenvalue weighted by Gasteiger charge is 2.42.